The summed E-state index contributed by atoms with van der Waals surface area (Å²) in [6.07, 6.45) is 4.96. The molecule has 0 atom stereocenters. The summed E-state index contributed by atoms with van der Waals surface area (Å²) in [6.45, 7) is 2.42. The highest BCUT2D eigenvalue weighted by atomic mass is 16.3. The van der Waals surface area contributed by atoms with E-state index in [1.54, 1.807) is 6.92 Å². The third kappa shape index (κ3) is 2.91. The third-order valence-corrected chi connectivity index (χ3v) is 3.71. The molecule has 0 heterocycles. The molecule has 18 heavy (non-hydrogen) atoms. The summed E-state index contributed by atoms with van der Waals surface area (Å²) in [5.74, 6) is 0.0936. The second kappa shape index (κ2) is 6.01. The first-order chi connectivity index (χ1) is 8.72. The molecule has 1 saturated carbocycles. The number of aliphatic hydroxyl groups excluding tert-OH is 1. The fourth-order valence-electron chi connectivity index (χ4n) is 2.73. The summed E-state index contributed by atoms with van der Waals surface area (Å²) in [5.41, 5.74) is 1.86. The average molecular weight is 247 g/mol. The number of carbonyl (C=O) groups is 1. The van der Waals surface area contributed by atoms with Gasteiger partial charge in [0.25, 0.3) is 0 Å². The topological polar surface area (TPSA) is 40.5 Å². The van der Waals surface area contributed by atoms with Gasteiger partial charge in [0.15, 0.2) is 5.78 Å². The van der Waals surface area contributed by atoms with E-state index in [2.05, 4.69) is 4.90 Å². The van der Waals surface area contributed by atoms with Crippen LogP contribution in [0.25, 0.3) is 0 Å². The van der Waals surface area contributed by atoms with Crippen molar-refractivity contribution >= 4 is 11.5 Å². The second-order valence-electron chi connectivity index (χ2n) is 4.96. The molecule has 1 aliphatic rings. The lowest BCUT2D eigenvalue weighted by Crippen LogP contribution is -2.35. The van der Waals surface area contributed by atoms with Crippen molar-refractivity contribution in [2.75, 3.05) is 18.1 Å². The Morgan fingerprint density at radius 3 is 2.39 bits per heavy atom. The molecule has 0 radical (unpaired) electrons. The van der Waals surface area contributed by atoms with Gasteiger partial charge in [-0.1, -0.05) is 12.8 Å². The molecule has 3 heteroatoms. The number of carbonyl (C=O) groups excluding carboxylic acids is 1. The Bertz CT molecular complexity index is 393. The van der Waals surface area contributed by atoms with Crippen molar-refractivity contribution in [2.24, 2.45) is 0 Å². The van der Waals surface area contributed by atoms with Crippen LogP contribution in [0.2, 0.25) is 0 Å². The van der Waals surface area contributed by atoms with E-state index >= 15 is 0 Å². The number of aliphatic hydroxyl groups is 1. The van der Waals surface area contributed by atoms with Crippen LogP contribution in [-0.2, 0) is 0 Å². The molecule has 0 aliphatic heterocycles. The molecule has 2 rings (SSSR count). The van der Waals surface area contributed by atoms with Gasteiger partial charge < -0.3 is 10.0 Å². The Morgan fingerprint density at radius 2 is 1.89 bits per heavy atom. The standard InChI is InChI=1S/C15H21NO2/c1-12(18)13-6-8-15(9-7-13)16(10-11-17)14-4-2-3-5-14/h6-9,14,17H,2-5,10-11H2,1H3. The maximum Gasteiger partial charge on any atom is 0.159 e. The summed E-state index contributed by atoms with van der Waals surface area (Å²) in [7, 11) is 0. The Labute approximate surface area is 108 Å². The summed E-state index contributed by atoms with van der Waals surface area (Å²) in [5, 5.41) is 9.21. The van der Waals surface area contributed by atoms with E-state index in [0.29, 0.717) is 12.6 Å². The van der Waals surface area contributed by atoms with E-state index in [1.807, 2.05) is 24.3 Å². The van der Waals surface area contributed by atoms with Crippen LogP contribution in [0.1, 0.15) is 43.0 Å². The van der Waals surface area contributed by atoms with E-state index in [0.717, 1.165) is 11.3 Å². The Kier molecular flexibility index (Phi) is 4.37. The van der Waals surface area contributed by atoms with E-state index in [1.165, 1.54) is 25.7 Å². The maximum absolute atomic E-state index is 11.3. The molecule has 0 spiro atoms. The van der Waals surface area contributed by atoms with Crippen molar-refractivity contribution in [1.82, 2.24) is 0 Å². The van der Waals surface area contributed by atoms with Crippen molar-refractivity contribution in [1.29, 1.82) is 0 Å². The fraction of sp³-hybridized carbons (Fsp3) is 0.533. The van der Waals surface area contributed by atoms with E-state index in [4.69, 9.17) is 0 Å². The molecule has 1 aromatic rings. The van der Waals surface area contributed by atoms with E-state index < -0.39 is 0 Å². The first kappa shape index (κ1) is 13.1. The largest absolute Gasteiger partial charge is 0.395 e. The zero-order valence-electron chi connectivity index (χ0n) is 10.9. The minimum atomic E-state index is 0.0936. The molecule has 0 aromatic heterocycles. The van der Waals surface area contributed by atoms with Crippen molar-refractivity contribution in [3.05, 3.63) is 29.8 Å². The zero-order valence-corrected chi connectivity index (χ0v) is 10.9. The minimum absolute atomic E-state index is 0.0936. The number of benzene rings is 1. The van der Waals surface area contributed by atoms with Crippen LogP contribution in [0.15, 0.2) is 24.3 Å². The van der Waals surface area contributed by atoms with Crippen molar-refractivity contribution in [3.63, 3.8) is 0 Å². The van der Waals surface area contributed by atoms with Crippen LogP contribution in [0.5, 0.6) is 0 Å². The van der Waals surface area contributed by atoms with Gasteiger partial charge in [0.05, 0.1) is 6.61 Å². The quantitative estimate of drug-likeness (QED) is 0.813. The van der Waals surface area contributed by atoms with Gasteiger partial charge in [0.1, 0.15) is 0 Å². The lowest BCUT2D eigenvalue weighted by atomic mass is 10.1. The predicted molar refractivity (Wildman–Crippen MR) is 73.1 cm³/mol. The highest BCUT2D eigenvalue weighted by molar-refractivity contribution is 5.94. The number of rotatable bonds is 5. The first-order valence-electron chi connectivity index (χ1n) is 6.71. The van der Waals surface area contributed by atoms with Gasteiger partial charge in [0.2, 0.25) is 0 Å². The number of hydrogen-bond donors (Lipinski definition) is 1. The van der Waals surface area contributed by atoms with Crippen LogP contribution >= 0.6 is 0 Å². The van der Waals surface area contributed by atoms with Gasteiger partial charge in [-0.3, -0.25) is 4.79 Å². The SMILES string of the molecule is CC(=O)c1ccc(N(CCO)C2CCCC2)cc1. The lowest BCUT2D eigenvalue weighted by Gasteiger charge is -2.30. The van der Waals surface area contributed by atoms with Crippen LogP contribution < -0.4 is 4.90 Å². The number of anilines is 1. The smallest absolute Gasteiger partial charge is 0.159 e. The van der Waals surface area contributed by atoms with Crippen LogP contribution in [0, 0.1) is 0 Å². The summed E-state index contributed by atoms with van der Waals surface area (Å²) < 4.78 is 0. The molecule has 0 amide bonds. The monoisotopic (exact) mass is 247 g/mol. The average Bonchev–Trinajstić information content (AvgIpc) is 2.90. The Hall–Kier alpha value is -1.35. The van der Waals surface area contributed by atoms with E-state index in [9.17, 15) is 9.90 Å². The van der Waals surface area contributed by atoms with E-state index in [-0.39, 0.29) is 12.4 Å². The van der Waals surface area contributed by atoms with Gasteiger partial charge in [-0.05, 0) is 44.0 Å². The molecule has 1 fully saturated rings. The summed E-state index contributed by atoms with van der Waals surface area (Å²) in [6, 6.07) is 8.27. The maximum atomic E-state index is 11.3. The molecule has 1 N–H and O–H groups in total. The molecular weight excluding hydrogens is 226 g/mol. The van der Waals surface area contributed by atoms with Crippen LogP contribution in [-0.4, -0.2) is 30.1 Å². The molecular formula is C15H21NO2. The zero-order chi connectivity index (χ0) is 13.0. The normalized spacial score (nSPS) is 15.9. The van der Waals surface area contributed by atoms with Gasteiger partial charge in [-0.25, -0.2) is 0 Å². The summed E-state index contributed by atoms with van der Waals surface area (Å²) in [4.78, 5) is 13.5. The number of Topliss-reactive ketones (excluding diaryl/α,β-unsaturated/α-hetero) is 1. The number of nitrogens with zero attached hydrogens (tertiary/aromatic N) is 1. The third-order valence-electron chi connectivity index (χ3n) is 3.71. The molecule has 0 saturated heterocycles. The van der Waals surface area contributed by atoms with Gasteiger partial charge in [0, 0.05) is 23.8 Å². The molecule has 1 aromatic carbocycles. The Balaban J connectivity index is 2.16. The van der Waals surface area contributed by atoms with Crippen molar-refractivity contribution in [2.45, 2.75) is 38.6 Å². The lowest BCUT2D eigenvalue weighted by molar-refractivity contribution is 0.101. The fourth-order valence-corrected chi connectivity index (χ4v) is 2.73. The highest BCUT2D eigenvalue weighted by Crippen LogP contribution is 2.28. The molecule has 98 valence electrons. The highest BCUT2D eigenvalue weighted by Gasteiger charge is 2.22. The molecule has 3 nitrogen and oxygen atoms in total. The summed E-state index contributed by atoms with van der Waals surface area (Å²) >= 11 is 0. The molecule has 1 aliphatic carbocycles. The van der Waals surface area contributed by atoms with Crippen molar-refractivity contribution in [3.8, 4) is 0 Å². The minimum Gasteiger partial charge on any atom is -0.395 e. The Morgan fingerprint density at radius 1 is 1.28 bits per heavy atom. The first-order valence-corrected chi connectivity index (χ1v) is 6.71. The number of hydrogen-bond acceptors (Lipinski definition) is 3. The van der Waals surface area contributed by atoms with Crippen molar-refractivity contribution < 1.29 is 9.90 Å². The van der Waals surface area contributed by atoms with Gasteiger partial charge in [-0.2, -0.15) is 0 Å². The van der Waals surface area contributed by atoms with Gasteiger partial charge >= 0.3 is 0 Å². The van der Waals surface area contributed by atoms with Crippen LogP contribution in [0.3, 0.4) is 0 Å². The molecule has 0 unspecified atom stereocenters. The predicted octanol–water partition coefficient (Wildman–Crippen LogP) is 2.63. The van der Waals surface area contributed by atoms with Crippen LogP contribution in [0.4, 0.5) is 5.69 Å². The molecule has 0 bridgehead atoms. The second-order valence-corrected chi connectivity index (χ2v) is 4.96. The van der Waals surface area contributed by atoms with Gasteiger partial charge in [-0.15, -0.1) is 0 Å². The number of ketones is 1.